The minimum Gasteiger partial charge on any atom is -1.00 e. The maximum Gasteiger partial charge on any atom is 1.00 e. The Bertz CT molecular complexity index is 729. The number of benzene rings is 1. The van der Waals surface area contributed by atoms with Gasteiger partial charge < -0.3 is 10.9 Å². The van der Waals surface area contributed by atoms with Crippen molar-refractivity contribution in [2.24, 2.45) is 0 Å². The normalized spacial score (nSPS) is 11.9. The average Bonchev–Trinajstić information content (AvgIpc) is 2.70. The van der Waals surface area contributed by atoms with Crippen LogP contribution in [0.4, 0.5) is 0 Å². The molecule has 172 valence electrons. The van der Waals surface area contributed by atoms with Crippen LogP contribution < -0.4 is 34.3 Å². The van der Waals surface area contributed by atoms with Gasteiger partial charge in [-0.2, -0.15) is 8.42 Å². The molecule has 1 unspecified atom stereocenters. The SMILES string of the molecule is CCCCCCCCCCCCOC(=O)CC(C(=O)Oc1ccccc1)S(=O)(=O)O.[H-].[Na+]. The fourth-order valence-electron chi connectivity index (χ4n) is 2.97. The molecule has 0 saturated heterocycles. The first-order chi connectivity index (χ1) is 14.3. The van der Waals surface area contributed by atoms with Crippen molar-refractivity contribution in [3.63, 3.8) is 0 Å². The summed E-state index contributed by atoms with van der Waals surface area (Å²) < 4.78 is 42.3. The Kier molecular flexibility index (Phi) is 17.1. The van der Waals surface area contributed by atoms with Crippen molar-refractivity contribution in [2.45, 2.75) is 82.8 Å². The van der Waals surface area contributed by atoms with Gasteiger partial charge in [-0.15, -0.1) is 0 Å². The first kappa shape index (κ1) is 30.1. The Labute approximate surface area is 209 Å². The summed E-state index contributed by atoms with van der Waals surface area (Å²) in [6.45, 7) is 2.35. The zero-order valence-corrected chi connectivity index (χ0v) is 21.6. The Balaban J connectivity index is 0. The van der Waals surface area contributed by atoms with E-state index in [0.717, 1.165) is 19.3 Å². The molecule has 0 bridgehead atoms. The van der Waals surface area contributed by atoms with Gasteiger partial charge in [-0.25, -0.2) is 0 Å². The molecule has 0 aliphatic rings. The van der Waals surface area contributed by atoms with Crippen LogP contribution in [-0.4, -0.2) is 36.8 Å². The van der Waals surface area contributed by atoms with Gasteiger partial charge in [0.05, 0.1) is 13.0 Å². The van der Waals surface area contributed by atoms with E-state index in [1.807, 2.05) is 0 Å². The Morgan fingerprint density at radius 1 is 0.935 bits per heavy atom. The van der Waals surface area contributed by atoms with Crippen LogP contribution in [-0.2, 0) is 24.4 Å². The molecular weight excluding hydrogens is 431 g/mol. The number of para-hydroxylation sites is 1. The van der Waals surface area contributed by atoms with Gasteiger partial charge in [-0.3, -0.25) is 14.1 Å². The smallest absolute Gasteiger partial charge is 1.00 e. The summed E-state index contributed by atoms with van der Waals surface area (Å²) in [5, 5.41) is -2.02. The largest absolute Gasteiger partial charge is 1.00 e. The maximum absolute atomic E-state index is 12.1. The number of carbonyl (C=O) groups is 2. The van der Waals surface area contributed by atoms with Crippen LogP contribution in [0.15, 0.2) is 30.3 Å². The summed E-state index contributed by atoms with van der Waals surface area (Å²) in [5.74, 6) is -1.96. The van der Waals surface area contributed by atoms with Crippen LogP contribution >= 0.6 is 0 Å². The molecule has 0 fully saturated rings. The predicted octanol–water partition coefficient (Wildman–Crippen LogP) is 1.82. The summed E-state index contributed by atoms with van der Waals surface area (Å²) in [7, 11) is -4.81. The van der Waals surface area contributed by atoms with Crippen molar-refractivity contribution in [3.05, 3.63) is 30.3 Å². The van der Waals surface area contributed by atoms with Crippen molar-refractivity contribution >= 4 is 22.1 Å². The van der Waals surface area contributed by atoms with Gasteiger partial charge in [0.25, 0.3) is 10.1 Å². The molecule has 0 radical (unpaired) electrons. The van der Waals surface area contributed by atoms with E-state index >= 15 is 0 Å². The van der Waals surface area contributed by atoms with E-state index in [0.29, 0.717) is 6.42 Å². The van der Waals surface area contributed by atoms with Gasteiger partial charge in [0.1, 0.15) is 5.75 Å². The molecule has 31 heavy (non-hydrogen) atoms. The van der Waals surface area contributed by atoms with E-state index in [4.69, 9.17) is 9.47 Å². The van der Waals surface area contributed by atoms with E-state index in [-0.39, 0.29) is 43.3 Å². The van der Waals surface area contributed by atoms with Crippen LogP contribution in [0.3, 0.4) is 0 Å². The number of unbranched alkanes of at least 4 members (excludes halogenated alkanes) is 9. The predicted molar refractivity (Wildman–Crippen MR) is 116 cm³/mol. The third kappa shape index (κ3) is 14.7. The third-order valence-electron chi connectivity index (χ3n) is 4.70. The number of carbonyl (C=O) groups excluding carboxylic acids is 2. The number of esters is 2. The second kappa shape index (κ2) is 17.6. The van der Waals surface area contributed by atoms with E-state index in [2.05, 4.69) is 6.92 Å². The Hall–Kier alpha value is -0.930. The zero-order chi connectivity index (χ0) is 22.2. The van der Waals surface area contributed by atoms with E-state index in [9.17, 15) is 22.6 Å². The molecule has 0 heterocycles. The minimum atomic E-state index is -4.81. The van der Waals surface area contributed by atoms with Crippen LogP contribution in [0.25, 0.3) is 0 Å². The summed E-state index contributed by atoms with van der Waals surface area (Å²) in [5.41, 5.74) is 0. The van der Waals surface area contributed by atoms with Gasteiger partial charge in [0, 0.05) is 0 Å². The molecular formula is C22H35NaO7S. The number of rotatable bonds is 16. The summed E-state index contributed by atoms with van der Waals surface area (Å²) in [4.78, 5) is 24.0. The van der Waals surface area contributed by atoms with E-state index in [1.165, 1.54) is 50.7 Å². The molecule has 0 amide bonds. The zero-order valence-electron chi connectivity index (χ0n) is 19.8. The molecule has 1 aromatic carbocycles. The fraction of sp³-hybridized carbons (Fsp3) is 0.636. The van der Waals surface area contributed by atoms with Gasteiger partial charge in [0.15, 0.2) is 5.25 Å². The molecule has 0 aliphatic carbocycles. The molecule has 1 rings (SSSR count). The van der Waals surface area contributed by atoms with Gasteiger partial charge in [-0.05, 0) is 18.6 Å². The summed E-state index contributed by atoms with van der Waals surface area (Å²) >= 11 is 0. The van der Waals surface area contributed by atoms with Crippen LogP contribution in [0, 0.1) is 0 Å². The monoisotopic (exact) mass is 466 g/mol. The molecule has 1 aromatic rings. The summed E-state index contributed by atoms with van der Waals surface area (Å²) in [6, 6.07) is 7.82. The van der Waals surface area contributed by atoms with Crippen molar-refractivity contribution in [2.75, 3.05) is 6.61 Å². The molecule has 0 saturated carbocycles. The summed E-state index contributed by atoms with van der Waals surface area (Å²) in [6.07, 6.45) is 10.6. The van der Waals surface area contributed by atoms with Crippen molar-refractivity contribution in [1.82, 2.24) is 0 Å². The number of ether oxygens (including phenoxy) is 2. The molecule has 1 N–H and O–H groups in total. The molecule has 0 aromatic heterocycles. The quantitative estimate of drug-likeness (QED) is 0.130. The van der Waals surface area contributed by atoms with Gasteiger partial charge in [-0.1, -0.05) is 82.9 Å². The molecule has 9 heteroatoms. The van der Waals surface area contributed by atoms with E-state index < -0.39 is 33.7 Å². The van der Waals surface area contributed by atoms with Crippen LogP contribution in [0.1, 0.15) is 79.0 Å². The van der Waals surface area contributed by atoms with Gasteiger partial charge in [0.2, 0.25) is 0 Å². The second-order valence-electron chi connectivity index (χ2n) is 7.34. The maximum atomic E-state index is 12.1. The van der Waals surface area contributed by atoms with Crippen molar-refractivity contribution in [1.29, 1.82) is 0 Å². The third-order valence-corrected chi connectivity index (χ3v) is 5.78. The van der Waals surface area contributed by atoms with Crippen LogP contribution in [0.5, 0.6) is 5.75 Å². The minimum absolute atomic E-state index is 0. The topological polar surface area (TPSA) is 107 Å². The Morgan fingerprint density at radius 2 is 1.45 bits per heavy atom. The Morgan fingerprint density at radius 3 is 1.97 bits per heavy atom. The first-order valence-electron chi connectivity index (χ1n) is 10.7. The van der Waals surface area contributed by atoms with E-state index in [1.54, 1.807) is 18.2 Å². The standard InChI is InChI=1S/C22H34O7S.Na.H/c1-2-3-4-5-6-7-8-9-10-14-17-28-21(23)18-20(30(25,26)27)22(24)29-19-15-12-11-13-16-19;;/h11-13,15-16,20H,2-10,14,17-18H2,1H3,(H,25,26,27);;/q;+1;-1. The van der Waals surface area contributed by atoms with Crippen LogP contribution in [0.2, 0.25) is 0 Å². The first-order valence-corrected chi connectivity index (χ1v) is 12.2. The van der Waals surface area contributed by atoms with Gasteiger partial charge >= 0.3 is 41.5 Å². The second-order valence-corrected chi connectivity index (χ2v) is 8.94. The molecule has 0 aliphatic heterocycles. The van der Waals surface area contributed by atoms with Crippen molar-refractivity contribution in [3.8, 4) is 5.75 Å². The number of hydrogen-bond acceptors (Lipinski definition) is 6. The molecule has 1 atom stereocenters. The average molecular weight is 467 g/mol. The number of hydrogen-bond donors (Lipinski definition) is 1. The van der Waals surface area contributed by atoms with Crippen molar-refractivity contribution < 1.29 is 63.0 Å². The molecule has 7 nitrogen and oxygen atoms in total. The fourth-order valence-corrected chi connectivity index (χ4v) is 3.60. The molecule has 0 spiro atoms.